The predicted octanol–water partition coefficient (Wildman–Crippen LogP) is 5.54. The van der Waals surface area contributed by atoms with E-state index in [1.54, 1.807) is 24.3 Å². The molecule has 0 radical (unpaired) electrons. The highest BCUT2D eigenvalue weighted by Crippen LogP contribution is 2.42. The molecule has 138 valence electrons. The van der Waals surface area contributed by atoms with Gasteiger partial charge in [0.2, 0.25) is 5.78 Å². The number of rotatable bonds is 5. The van der Waals surface area contributed by atoms with Gasteiger partial charge in [-0.15, -0.1) is 0 Å². The number of hydrogen-bond donors (Lipinski definition) is 0. The van der Waals surface area contributed by atoms with E-state index >= 15 is 0 Å². The number of methoxy groups -OCH3 is 1. The maximum atomic E-state index is 13.2. The molecule has 0 saturated heterocycles. The van der Waals surface area contributed by atoms with Gasteiger partial charge in [-0.2, -0.15) is 0 Å². The van der Waals surface area contributed by atoms with Gasteiger partial charge >= 0.3 is 0 Å². The summed E-state index contributed by atoms with van der Waals surface area (Å²) >= 11 is 0. The highest BCUT2D eigenvalue weighted by atomic mass is 16.5. The summed E-state index contributed by atoms with van der Waals surface area (Å²) in [6.07, 6.45) is 0. The number of ketones is 2. The first-order valence-corrected chi connectivity index (χ1v) is 8.91. The lowest BCUT2D eigenvalue weighted by atomic mass is 9.96. The van der Waals surface area contributed by atoms with E-state index < -0.39 is 0 Å². The summed E-state index contributed by atoms with van der Waals surface area (Å²) in [4.78, 5) is 25.3. The van der Waals surface area contributed by atoms with Crippen LogP contribution in [-0.4, -0.2) is 18.7 Å². The van der Waals surface area contributed by atoms with Gasteiger partial charge in [-0.3, -0.25) is 9.59 Å². The first-order chi connectivity index (χ1) is 13.6. The molecule has 0 aliphatic carbocycles. The van der Waals surface area contributed by atoms with Crippen LogP contribution >= 0.6 is 0 Å². The van der Waals surface area contributed by atoms with Crippen molar-refractivity contribution in [2.75, 3.05) is 7.11 Å². The van der Waals surface area contributed by atoms with Crippen molar-refractivity contribution in [2.24, 2.45) is 0 Å². The Morgan fingerprint density at radius 2 is 1.50 bits per heavy atom. The van der Waals surface area contributed by atoms with E-state index in [1.165, 1.54) is 14.0 Å². The summed E-state index contributed by atoms with van der Waals surface area (Å²) in [5.74, 6) is 0.308. The third-order valence-corrected chi connectivity index (χ3v) is 4.70. The Balaban J connectivity index is 2.08. The molecule has 4 heteroatoms. The maximum absolute atomic E-state index is 13.2. The Morgan fingerprint density at radius 3 is 2.11 bits per heavy atom. The third-order valence-electron chi connectivity index (χ3n) is 4.70. The Bertz CT molecular complexity index is 1170. The van der Waals surface area contributed by atoms with Crippen molar-refractivity contribution in [3.05, 3.63) is 89.7 Å². The summed E-state index contributed by atoms with van der Waals surface area (Å²) in [6, 6.07) is 21.9. The van der Waals surface area contributed by atoms with E-state index in [4.69, 9.17) is 9.15 Å². The topological polar surface area (TPSA) is 56.5 Å². The van der Waals surface area contributed by atoms with Crippen molar-refractivity contribution in [3.8, 4) is 16.9 Å². The molecule has 0 saturated carbocycles. The van der Waals surface area contributed by atoms with Crippen molar-refractivity contribution in [1.29, 1.82) is 0 Å². The Morgan fingerprint density at radius 1 is 0.857 bits per heavy atom. The number of furan rings is 1. The average molecular weight is 370 g/mol. The average Bonchev–Trinajstić information content (AvgIpc) is 3.13. The lowest BCUT2D eigenvalue weighted by Crippen LogP contribution is -2.01. The van der Waals surface area contributed by atoms with Crippen molar-refractivity contribution >= 4 is 22.5 Å². The highest BCUT2D eigenvalue weighted by molar-refractivity contribution is 6.18. The fourth-order valence-electron chi connectivity index (χ4n) is 3.41. The molecule has 0 spiro atoms. The van der Waals surface area contributed by atoms with Gasteiger partial charge in [-0.05, 0) is 24.6 Å². The first-order valence-electron chi connectivity index (χ1n) is 8.91. The van der Waals surface area contributed by atoms with Crippen LogP contribution in [0.25, 0.3) is 22.1 Å². The normalized spacial score (nSPS) is 10.8. The van der Waals surface area contributed by atoms with Crippen LogP contribution in [0.3, 0.4) is 0 Å². The summed E-state index contributed by atoms with van der Waals surface area (Å²) in [6.45, 7) is 1.49. The zero-order chi connectivity index (χ0) is 19.7. The Hall–Kier alpha value is -3.66. The standard InChI is InChI=1S/C24H18O4/c1-15(25)18-13-14-19-21(23(18)27-2)20(16-9-5-3-6-10-16)24(28-19)22(26)17-11-7-4-8-12-17/h3-14H,1-2H3. The fraction of sp³-hybridized carbons (Fsp3) is 0.0833. The number of carbonyl (C=O) groups excluding carboxylic acids is 2. The van der Waals surface area contributed by atoms with Crippen LogP contribution in [0.15, 0.2) is 77.2 Å². The van der Waals surface area contributed by atoms with Gasteiger partial charge < -0.3 is 9.15 Å². The van der Waals surface area contributed by atoms with Crippen LogP contribution < -0.4 is 4.74 Å². The molecule has 4 rings (SSSR count). The maximum Gasteiger partial charge on any atom is 0.228 e. The van der Waals surface area contributed by atoms with E-state index in [1.807, 2.05) is 48.5 Å². The van der Waals surface area contributed by atoms with Crippen LogP contribution in [0, 0.1) is 0 Å². The molecular weight excluding hydrogens is 352 g/mol. The lowest BCUT2D eigenvalue weighted by Gasteiger charge is -2.09. The Labute approximate surface area is 162 Å². The minimum absolute atomic E-state index is 0.116. The smallest absolute Gasteiger partial charge is 0.228 e. The van der Waals surface area contributed by atoms with Crippen LogP contribution in [0.1, 0.15) is 33.4 Å². The molecule has 0 fully saturated rings. The number of fused-ring (bicyclic) bond motifs is 1. The second kappa shape index (κ2) is 7.16. The van der Waals surface area contributed by atoms with Gasteiger partial charge in [-0.1, -0.05) is 60.7 Å². The molecule has 0 amide bonds. The van der Waals surface area contributed by atoms with Gasteiger partial charge in [-0.25, -0.2) is 0 Å². The van der Waals surface area contributed by atoms with E-state index in [9.17, 15) is 9.59 Å². The number of benzene rings is 3. The summed E-state index contributed by atoms with van der Waals surface area (Å²) < 4.78 is 11.6. The van der Waals surface area contributed by atoms with Crippen LogP contribution in [0.5, 0.6) is 5.75 Å². The molecule has 4 aromatic rings. The minimum Gasteiger partial charge on any atom is -0.495 e. The second-order valence-electron chi connectivity index (χ2n) is 6.44. The molecule has 0 aliphatic rings. The van der Waals surface area contributed by atoms with E-state index in [-0.39, 0.29) is 17.3 Å². The third kappa shape index (κ3) is 2.89. The zero-order valence-corrected chi connectivity index (χ0v) is 15.6. The number of ether oxygens (including phenoxy) is 1. The van der Waals surface area contributed by atoms with Gasteiger partial charge in [0.15, 0.2) is 11.5 Å². The van der Waals surface area contributed by atoms with Crippen LogP contribution in [0.4, 0.5) is 0 Å². The molecule has 0 unspecified atom stereocenters. The molecule has 0 N–H and O–H groups in total. The van der Waals surface area contributed by atoms with Crippen LogP contribution in [0.2, 0.25) is 0 Å². The van der Waals surface area contributed by atoms with Crippen molar-refractivity contribution in [2.45, 2.75) is 6.92 Å². The lowest BCUT2D eigenvalue weighted by molar-refractivity contribution is 0.100. The highest BCUT2D eigenvalue weighted by Gasteiger charge is 2.27. The van der Waals surface area contributed by atoms with Gasteiger partial charge in [0.1, 0.15) is 11.3 Å². The number of Topliss-reactive ketones (excluding diaryl/α,β-unsaturated/α-hetero) is 1. The molecule has 28 heavy (non-hydrogen) atoms. The molecular formula is C24H18O4. The zero-order valence-electron chi connectivity index (χ0n) is 15.6. The van der Waals surface area contributed by atoms with Gasteiger partial charge in [0, 0.05) is 11.1 Å². The molecule has 0 aliphatic heterocycles. The van der Waals surface area contributed by atoms with Crippen molar-refractivity contribution < 1.29 is 18.7 Å². The summed E-state index contributed by atoms with van der Waals surface area (Å²) in [5.41, 5.74) is 2.93. The monoisotopic (exact) mass is 370 g/mol. The molecule has 0 atom stereocenters. The van der Waals surface area contributed by atoms with Crippen LogP contribution in [-0.2, 0) is 0 Å². The molecule has 4 nitrogen and oxygen atoms in total. The van der Waals surface area contributed by atoms with E-state index in [0.717, 1.165) is 5.56 Å². The molecule has 1 heterocycles. The molecule has 3 aromatic carbocycles. The SMILES string of the molecule is COc1c(C(C)=O)ccc2oc(C(=O)c3ccccc3)c(-c3ccccc3)c12. The predicted molar refractivity (Wildman–Crippen MR) is 108 cm³/mol. The molecule has 0 bridgehead atoms. The number of hydrogen-bond acceptors (Lipinski definition) is 4. The summed E-state index contributed by atoms with van der Waals surface area (Å²) in [5, 5.41) is 0.626. The first kappa shape index (κ1) is 17.7. The largest absolute Gasteiger partial charge is 0.495 e. The van der Waals surface area contributed by atoms with E-state index in [2.05, 4.69) is 0 Å². The number of carbonyl (C=O) groups is 2. The van der Waals surface area contributed by atoms with E-state index in [0.29, 0.717) is 33.4 Å². The fourth-order valence-corrected chi connectivity index (χ4v) is 3.41. The summed E-state index contributed by atoms with van der Waals surface area (Å²) in [7, 11) is 1.52. The molecule has 1 aromatic heterocycles. The van der Waals surface area contributed by atoms with Crippen molar-refractivity contribution in [3.63, 3.8) is 0 Å². The van der Waals surface area contributed by atoms with Crippen molar-refractivity contribution in [1.82, 2.24) is 0 Å². The quantitative estimate of drug-likeness (QED) is 0.433. The minimum atomic E-state index is -0.220. The van der Waals surface area contributed by atoms with Gasteiger partial charge in [0.25, 0.3) is 0 Å². The Kier molecular flexibility index (Phi) is 4.53. The second-order valence-corrected chi connectivity index (χ2v) is 6.44. The van der Waals surface area contributed by atoms with Gasteiger partial charge in [0.05, 0.1) is 18.1 Å².